The first kappa shape index (κ1) is 14.3. The zero-order valence-corrected chi connectivity index (χ0v) is 13.9. The van der Waals surface area contributed by atoms with Gasteiger partial charge in [0, 0.05) is 20.1 Å². The van der Waals surface area contributed by atoms with Crippen molar-refractivity contribution in [2.24, 2.45) is 0 Å². The van der Waals surface area contributed by atoms with E-state index in [0.29, 0.717) is 16.8 Å². The van der Waals surface area contributed by atoms with Crippen LogP contribution < -0.4 is 5.73 Å². The number of benzene rings is 2. The SMILES string of the molecule is Nc1n[nH]c(-c2cc(Br)cc(Br)c2)c1-c1ccccc1F. The second kappa shape index (κ2) is 5.61. The molecule has 21 heavy (non-hydrogen) atoms. The first-order valence-electron chi connectivity index (χ1n) is 6.11. The highest BCUT2D eigenvalue weighted by Gasteiger charge is 2.18. The number of nitrogens with zero attached hydrogens (tertiary/aromatic N) is 1. The van der Waals surface area contributed by atoms with Crippen molar-refractivity contribution in [2.75, 3.05) is 5.73 Å². The molecule has 0 saturated carbocycles. The number of aromatic amines is 1. The topological polar surface area (TPSA) is 54.7 Å². The van der Waals surface area contributed by atoms with Gasteiger partial charge in [0.05, 0.1) is 11.3 Å². The van der Waals surface area contributed by atoms with Crippen LogP contribution in [-0.2, 0) is 0 Å². The van der Waals surface area contributed by atoms with E-state index in [9.17, 15) is 4.39 Å². The zero-order valence-electron chi connectivity index (χ0n) is 10.7. The number of nitrogens with one attached hydrogen (secondary N) is 1. The molecule has 6 heteroatoms. The molecule has 0 bridgehead atoms. The lowest BCUT2D eigenvalue weighted by Crippen LogP contribution is -1.91. The maximum atomic E-state index is 14.1. The van der Waals surface area contributed by atoms with E-state index in [1.54, 1.807) is 18.2 Å². The summed E-state index contributed by atoms with van der Waals surface area (Å²) in [5, 5.41) is 6.91. The van der Waals surface area contributed by atoms with E-state index >= 15 is 0 Å². The third-order valence-corrected chi connectivity index (χ3v) is 4.00. The van der Waals surface area contributed by atoms with E-state index in [0.717, 1.165) is 14.5 Å². The van der Waals surface area contributed by atoms with Crippen LogP contribution in [0, 0.1) is 5.82 Å². The summed E-state index contributed by atoms with van der Waals surface area (Å²) in [5.41, 5.74) is 8.46. The van der Waals surface area contributed by atoms with Crippen molar-refractivity contribution in [3.8, 4) is 22.4 Å². The predicted octanol–water partition coefficient (Wildman–Crippen LogP) is 4.99. The molecule has 2 aromatic carbocycles. The number of hydrogen-bond donors (Lipinski definition) is 2. The highest BCUT2D eigenvalue weighted by atomic mass is 79.9. The average molecular weight is 411 g/mol. The Kier molecular flexibility index (Phi) is 3.82. The predicted molar refractivity (Wildman–Crippen MR) is 89.2 cm³/mol. The highest BCUT2D eigenvalue weighted by Crippen LogP contribution is 2.37. The second-order valence-electron chi connectivity index (χ2n) is 4.50. The van der Waals surface area contributed by atoms with Gasteiger partial charge >= 0.3 is 0 Å². The van der Waals surface area contributed by atoms with E-state index < -0.39 is 0 Å². The van der Waals surface area contributed by atoms with Gasteiger partial charge in [0.15, 0.2) is 5.82 Å². The fourth-order valence-electron chi connectivity index (χ4n) is 2.20. The van der Waals surface area contributed by atoms with Crippen molar-refractivity contribution in [3.63, 3.8) is 0 Å². The minimum Gasteiger partial charge on any atom is -0.382 e. The van der Waals surface area contributed by atoms with Crippen LogP contribution in [0.2, 0.25) is 0 Å². The monoisotopic (exact) mass is 409 g/mol. The van der Waals surface area contributed by atoms with Crippen LogP contribution in [0.15, 0.2) is 51.4 Å². The molecule has 3 rings (SSSR count). The molecule has 1 aromatic heterocycles. The van der Waals surface area contributed by atoms with Gasteiger partial charge in [-0.15, -0.1) is 0 Å². The Morgan fingerprint density at radius 1 is 1.05 bits per heavy atom. The molecule has 3 aromatic rings. The highest BCUT2D eigenvalue weighted by molar-refractivity contribution is 9.11. The van der Waals surface area contributed by atoms with Gasteiger partial charge in [-0.2, -0.15) is 5.10 Å². The number of rotatable bonds is 2. The number of halogens is 3. The van der Waals surface area contributed by atoms with Crippen molar-refractivity contribution in [1.82, 2.24) is 10.2 Å². The Labute approximate surface area is 137 Å². The number of hydrogen-bond acceptors (Lipinski definition) is 2. The average Bonchev–Trinajstić information content (AvgIpc) is 2.80. The Bertz CT molecular complexity index is 794. The molecular formula is C15H10Br2FN3. The summed E-state index contributed by atoms with van der Waals surface area (Å²) < 4.78 is 15.9. The van der Waals surface area contributed by atoms with Crippen LogP contribution in [0.25, 0.3) is 22.4 Å². The molecule has 0 spiro atoms. The van der Waals surface area contributed by atoms with Gasteiger partial charge in [-0.05, 0) is 24.3 Å². The largest absolute Gasteiger partial charge is 0.382 e. The summed E-state index contributed by atoms with van der Waals surface area (Å²) in [4.78, 5) is 0. The molecule has 0 radical (unpaired) electrons. The number of nitrogens with two attached hydrogens (primary N) is 1. The van der Waals surface area contributed by atoms with Gasteiger partial charge in [-0.1, -0.05) is 50.1 Å². The summed E-state index contributed by atoms with van der Waals surface area (Å²) >= 11 is 6.89. The van der Waals surface area contributed by atoms with Gasteiger partial charge in [-0.25, -0.2) is 4.39 Å². The molecule has 0 saturated heterocycles. The van der Waals surface area contributed by atoms with Crippen LogP contribution in [-0.4, -0.2) is 10.2 Å². The van der Waals surface area contributed by atoms with Crippen LogP contribution in [0.3, 0.4) is 0 Å². The minimum atomic E-state index is -0.332. The molecule has 0 aliphatic heterocycles. The molecule has 106 valence electrons. The first-order valence-corrected chi connectivity index (χ1v) is 7.70. The molecule has 3 N–H and O–H groups in total. The number of H-pyrrole nitrogens is 1. The first-order chi connectivity index (χ1) is 10.1. The van der Waals surface area contributed by atoms with Crippen LogP contribution in [0.1, 0.15) is 0 Å². The number of nitrogen functional groups attached to an aromatic ring is 1. The summed E-state index contributed by atoms with van der Waals surface area (Å²) in [5.74, 6) is -0.0629. The van der Waals surface area contributed by atoms with E-state index in [1.807, 2.05) is 18.2 Å². The second-order valence-corrected chi connectivity index (χ2v) is 6.33. The molecule has 0 aliphatic carbocycles. The fourth-order valence-corrected chi connectivity index (χ4v) is 3.49. The maximum absolute atomic E-state index is 14.1. The van der Waals surface area contributed by atoms with Crippen LogP contribution in [0.4, 0.5) is 10.2 Å². The lowest BCUT2D eigenvalue weighted by atomic mass is 10.0. The molecule has 0 unspecified atom stereocenters. The molecular weight excluding hydrogens is 401 g/mol. The molecule has 1 heterocycles. The fraction of sp³-hybridized carbons (Fsp3) is 0. The van der Waals surface area contributed by atoms with Crippen molar-refractivity contribution in [1.29, 1.82) is 0 Å². The van der Waals surface area contributed by atoms with Gasteiger partial charge in [-0.3, -0.25) is 5.10 Å². The third-order valence-electron chi connectivity index (χ3n) is 3.09. The summed E-state index contributed by atoms with van der Waals surface area (Å²) in [6.07, 6.45) is 0. The lowest BCUT2D eigenvalue weighted by Gasteiger charge is -2.07. The Balaban J connectivity index is 2.24. The third kappa shape index (κ3) is 2.73. The number of aromatic nitrogens is 2. The van der Waals surface area contributed by atoms with Crippen molar-refractivity contribution in [3.05, 3.63) is 57.2 Å². The van der Waals surface area contributed by atoms with E-state index in [2.05, 4.69) is 42.1 Å². The van der Waals surface area contributed by atoms with Gasteiger partial charge in [0.25, 0.3) is 0 Å². The molecule has 0 fully saturated rings. The molecule has 3 nitrogen and oxygen atoms in total. The summed E-state index contributed by atoms with van der Waals surface area (Å²) in [6.45, 7) is 0. The summed E-state index contributed by atoms with van der Waals surface area (Å²) in [6, 6.07) is 12.3. The standard InChI is InChI=1S/C15H10Br2FN3/c16-9-5-8(6-10(17)7-9)14-13(15(19)21-20-14)11-3-1-2-4-12(11)18/h1-7H,(H3,19,20,21). The van der Waals surface area contributed by atoms with Crippen LogP contribution in [0.5, 0.6) is 0 Å². The zero-order chi connectivity index (χ0) is 15.0. The lowest BCUT2D eigenvalue weighted by molar-refractivity contribution is 0.631. The van der Waals surface area contributed by atoms with Crippen molar-refractivity contribution < 1.29 is 4.39 Å². The van der Waals surface area contributed by atoms with Gasteiger partial charge in [0.1, 0.15) is 5.82 Å². The smallest absolute Gasteiger partial charge is 0.153 e. The Morgan fingerprint density at radius 2 is 1.71 bits per heavy atom. The van der Waals surface area contributed by atoms with E-state index in [1.165, 1.54) is 6.07 Å². The summed E-state index contributed by atoms with van der Waals surface area (Å²) in [7, 11) is 0. The quantitative estimate of drug-likeness (QED) is 0.625. The number of anilines is 1. The van der Waals surface area contributed by atoms with Gasteiger partial charge < -0.3 is 5.73 Å². The van der Waals surface area contributed by atoms with E-state index in [-0.39, 0.29) is 11.6 Å². The van der Waals surface area contributed by atoms with Crippen molar-refractivity contribution in [2.45, 2.75) is 0 Å². The Morgan fingerprint density at radius 3 is 2.38 bits per heavy atom. The maximum Gasteiger partial charge on any atom is 0.153 e. The minimum absolute atomic E-state index is 0.270. The molecule has 0 amide bonds. The van der Waals surface area contributed by atoms with Gasteiger partial charge in [0.2, 0.25) is 0 Å². The normalized spacial score (nSPS) is 10.8. The Hall–Kier alpha value is -1.66. The van der Waals surface area contributed by atoms with E-state index in [4.69, 9.17) is 5.73 Å². The molecule has 0 atom stereocenters. The van der Waals surface area contributed by atoms with Crippen LogP contribution >= 0.6 is 31.9 Å². The van der Waals surface area contributed by atoms with Crippen molar-refractivity contribution >= 4 is 37.7 Å². The molecule has 0 aliphatic rings.